The molecule has 0 fully saturated rings. The number of benzene rings is 1. The van der Waals surface area contributed by atoms with Crippen molar-refractivity contribution in [2.24, 2.45) is 0 Å². The number of rotatable bonds is 1. The number of aromatic amines is 1. The number of hydrogen-bond acceptors (Lipinski definition) is 1. The van der Waals surface area contributed by atoms with Crippen molar-refractivity contribution in [2.75, 3.05) is 0 Å². The SMILES string of the molecule is CCc1[nH]c2c(C#N)cccc2c1C. The summed E-state index contributed by atoms with van der Waals surface area (Å²) in [6.45, 7) is 4.21. The van der Waals surface area contributed by atoms with E-state index in [1.54, 1.807) is 0 Å². The van der Waals surface area contributed by atoms with Gasteiger partial charge in [-0.05, 0) is 25.0 Å². The number of nitrogens with one attached hydrogen (secondary N) is 1. The van der Waals surface area contributed by atoms with Crippen molar-refractivity contribution in [3.8, 4) is 6.07 Å². The molecule has 2 rings (SSSR count). The molecule has 0 radical (unpaired) electrons. The molecule has 70 valence electrons. The molecule has 1 N–H and O–H groups in total. The van der Waals surface area contributed by atoms with Crippen LogP contribution in [0.15, 0.2) is 18.2 Å². The molecule has 0 spiro atoms. The average Bonchev–Trinajstić information content (AvgIpc) is 2.55. The minimum absolute atomic E-state index is 0.727. The Hall–Kier alpha value is -1.75. The van der Waals surface area contributed by atoms with E-state index < -0.39 is 0 Å². The minimum atomic E-state index is 0.727. The number of nitrogens with zero attached hydrogens (tertiary/aromatic N) is 1. The lowest BCUT2D eigenvalue weighted by Crippen LogP contribution is -1.81. The molecule has 1 aromatic heterocycles. The highest BCUT2D eigenvalue weighted by molar-refractivity contribution is 5.88. The minimum Gasteiger partial charge on any atom is -0.357 e. The Balaban J connectivity index is 2.85. The van der Waals surface area contributed by atoms with E-state index in [9.17, 15) is 0 Å². The van der Waals surface area contributed by atoms with Crippen molar-refractivity contribution in [3.05, 3.63) is 35.0 Å². The van der Waals surface area contributed by atoms with Crippen LogP contribution < -0.4 is 0 Å². The zero-order chi connectivity index (χ0) is 10.1. The molecule has 2 nitrogen and oxygen atoms in total. The van der Waals surface area contributed by atoms with Crippen LogP contribution in [0.4, 0.5) is 0 Å². The second-order valence-corrected chi connectivity index (χ2v) is 3.42. The summed E-state index contributed by atoms with van der Waals surface area (Å²) in [4.78, 5) is 3.31. The maximum atomic E-state index is 8.94. The van der Waals surface area contributed by atoms with Gasteiger partial charge in [-0.1, -0.05) is 19.1 Å². The Kier molecular flexibility index (Phi) is 2.01. The fraction of sp³-hybridized carbons (Fsp3) is 0.250. The van der Waals surface area contributed by atoms with Crippen LogP contribution >= 0.6 is 0 Å². The molecule has 0 amide bonds. The lowest BCUT2D eigenvalue weighted by Gasteiger charge is -1.92. The van der Waals surface area contributed by atoms with E-state index in [2.05, 4.69) is 31.0 Å². The van der Waals surface area contributed by atoms with Gasteiger partial charge >= 0.3 is 0 Å². The van der Waals surface area contributed by atoms with E-state index in [-0.39, 0.29) is 0 Å². The normalized spacial score (nSPS) is 10.4. The maximum Gasteiger partial charge on any atom is 0.101 e. The van der Waals surface area contributed by atoms with Gasteiger partial charge < -0.3 is 4.98 Å². The first-order valence-electron chi connectivity index (χ1n) is 4.78. The van der Waals surface area contributed by atoms with Crippen LogP contribution in [-0.2, 0) is 6.42 Å². The topological polar surface area (TPSA) is 39.6 Å². The molecule has 0 aliphatic rings. The van der Waals surface area contributed by atoms with E-state index in [0.717, 1.165) is 17.5 Å². The third-order valence-corrected chi connectivity index (χ3v) is 2.67. The van der Waals surface area contributed by atoms with Crippen molar-refractivity contribution in [1.82, 2.24) is 4.98 Å². The monoisotopic (exact) mass is 184 g/mol. The number of fused-ring (bicyclic) bond motifs is 1. The molecule has 0 aliphatic heterocycles. The summed E-state index contributed by atoms with van der Waals surface area (Å²) < 4.78 is 0. The Morgan fingerprint density at radius 3 is 2.86 bits per heavy atom. The van der Waals surface area contributed by atoms with Gasteiger partial charge in [0, 0.05) is 11.1 Å². The van der Waals surface area contributed by atoms with E-state index in [0.29, 0.717) is 0 Å². The fourth-order valence-corrected chi connectivity index (χ4v) is 1.85. The van der Waals surface area contributed by atoms with E-state index >= 15 is 0 Å². The standard InChI is InChI=1S/C12H12N2/c1-3-11-8(2)10-6-4-5-9(7-13)12(10)14-11/h4-6,14H,3H2,1-2H3. The van der Waals surface area contributed by atoms with Gasteiger partial charge in [-0.25, -0.2) is 0 Å². The van der Waals surface area contributed by atoms with Gasteiger partial charge in [0.1, 0.15) is 6.07 Å². The molecule has 0 unspecified atom stereocenters. The summed E-state index contributed by atoms with van der Waals surface area (Å²) in [6.07, 6.45) is 0.978. The zero-order valence-corrected chi connectivity index (χ0v) is 8.39. The van der Waals surface area contributed by atoms with Crippen molar-refractivity contribution in [1.29, 1.82) is 5.26 Å². The van der Waals surface area contributed by atoms with Crippen LogP contribution in [0.5, 0.6) is 0 Å². The highest BCUT2D eigenvalue weighted by Gasteiger charge is 2.08. The van der Waals surface area contributed by atoms with E-state index in [1.165, 1.54) is 16.6 Å². The number of nitriles is 1. The van der Waals surface area contributed by atoms with Crippen LogP contribution in [0.25, 0.3) is 10.9 Å². The first-order valence-corrected chi connectivity index (χ1v) is 4.78. The molecule has 0 aliphatic carbocycles. The van der Waals surface area contributed by atoms with Gasteiger partial charge in [0.2, 0.25) is 0 Å². The van der Waals surface area contributed by atoms with Crippen LogP contribution in [0.1, 0.15) is 23.7 Å². The predicted molar refractivity (Wildman–Crippen MR) is 57.1 cm³/mol. The van der Waals surface area contributed by atoms with Gasteiger partial charge in [-0.3, -0.25) is 0 Å². The van der Waals surface area contributed by atoms with Gasteiger partial charge in [0.15, 0.2) is 0 Å². The second-order valence-electron chi connectivity index (χ2n) is 3.42. The number of hydrogen-bond donors (Lipinski definition) is 1. The smallest absolute Gasteiger partial charge is 0.101 e. The largest absolute Gasteiger partial charge is 0.357 e. The van der Waals surface area contributed by atoms with Crippen LogP contribution in [0.3, 0.4) is 0 Å². The Morgan fingerprint density at radius 1 is 1.43 bits per heavy atom. The van der Waals surface area contributed by atoms with E-state index in [1.807, 2.05) is 12.1 Å². The second kappa shape index (κ2) is 3.19. The molecule has 0 saturated carbocycles. The van der Waals surface area contributed by atoms with Crippen molar-refractivity contribution in [2.45, 2.75) is 20.3 Å². The van der Waals surface area contributed by atoms with E-state index in [4.69, 9.17) is 5.26 Å². The summed E-state index contributed by atoms with van der Waals surface area (Å²) in [5, 5.41) is 10.1. The first kappa shape index (κ1) is 8.83. The van der Waals surface area contributed by atoms with Gasteiger partial charge in [-0.15, -0.1) is 0 Å². The molecule has 2 aromatic rings. The molecule has 0 bridgehead atoms. The molecule has 14 heavy (non-hydrogen) atoms. The number of para-hydroxylation sites is 1. The third-order valence-electron chi connectivity index (χ3n) is 2.67. The Labute approximate surface area is 83.2 Å². The lowest BCUT2D eigenvalue weighted by atomic mass is 10.1. The highest BCUT2D eigenvalue weighted by Crippen LogP contribution is 2.24. The number of H-pyrrole nitrogens is 1. The zero-order valence-electron chi connectivity index (χ0n) is 8.39. The number of aromatic nitrogens is 1. The summed E-state index contributed by atoms with van der Waals surface area (Å²) in [6, 6.07) is 8.04. The van der Waals surface area contributed by atoms with Gasteiger partial charge in [0.05, 0.1) is 11.1 Å². The van der Waals surface area contributed by atoms with Crippen molar-refractivity contribution < 1.29 is 0 Å². The Morgan fingerprint density at radius 2 is 2.21 bits per heavy atom. The predicted octanol–water partition coefficient (Wildman–Crippen LogP) is 2.91. The molecular formula is C12H12N2. The molecule has 1 aromatic carbocycles. The summed E-state index contributed by atoms with van der Waals surface area (Å²) >= 11 is 0. The van der Waals surface area contributed by atoms with Gasteiger partial charge in [-0.2, -0.15) is 5.26 Å². The van der Waals surface area contributed by atoms with Crippen LogP contribution in [-0.4, -0.2) is 4.98 Å². The molecule has 0 atom stereocenters. The summed E-state index contributed by atoms with van der Waals surface area (Å²) in [7, 11) is 0. The van der Waals surface area contributed by atoms with Gasteiger partial charge in [0.25, 0.3) is 0 Å². The maximum absolute atomic E-state index is 8.94. The summed E-state index contributed by atoms with van der Waals surface area (Å²) in [5.41, 5.74) is 4.19. The highest BCUT2D eigenvalue weighted by atomic mass is 14.7. The summed E-state index contributed by atoms with van der Waals surface area (Å²) in [5.74, 6) is 0. The van der Waals surface area contributed by atoms with Crippen LogP contribution in [0.2, 0.25) is 0 Å². The van der Waals surface area contributed by atoms with Crippen molar-refractivity contribution in [3.63, 3.8) is 0 Å². The Bertz CT molecular complexity index is 515. The third kappa shape index (κ3) is 1.10. The number of aryl methyl sites for hydroxylation is 2. The molecule has 2 heteroatoms. The lowest BCUT2D eigenvalue weighted by molar-refractivity contribution is 1.05. The van der Waals surface area contributed by atoms with Crippen molar-refractivity contribution >= 4 is 10.9 Å². The first-order chi connectivity index (χ1) is 6.77. The van der Waals surface area contributed by atoms with Crippen LogP contribution in [0, 0.1) is 18.3 Å². The molecule has 0 saturated heterocycles. The quantitative estimate of drug-likeness (QED) is 0.727. The molecule has 1 heterocycles. The molecular weight excluding hydrogens is 172 g/mol. The fourth-order valence-electron chi connectivity index (χ4n) is 1.85. The average molecular weight is 184 g/mol.